The molecule has 0 aliphatic carbocycles. The van der Waals surface area contributed by atoms with Gasteiger partial charge in [0.2, 0.25) is 5.89 Å². The van der Waals surface area contributed by atoms with Gasteiger partial charge in [-0.2, -0.15) is 0 Å². The summed E-state index contributed by atoms with van der Waals surface area (Å²) in [6.45, 7) is 3.69. The molecule has 208 valence electrons. The van der Waals surface area contributed by atoms with E-state index in [1.807, 2.05) is 42.5 Å². The van der Waals surface area contributed by atoms with Gasteiger partial charge in [-0.05, 0) is 67.4 Å². The summed E-state index contributed by atoms with van der Waals surface area (Å²) in [6, 6.07) is 15.4. The fraction of sp³-hybridized carbons (Fsp3) is 0.214. The molecule has 1 fully saturated rings. The zero-order chi connectivity index (χ0) is 28.2. The summed E-state index contributed by atoms with van der Waals surface area (Å²) in [6.07, 6.45) is 4.93. The van der Waals surface area contributed by atoms with Crippen LogP contribution in [0.1, 0.15) is 0 Å². The number of rotatable bonds is 7. The standard InChI is InChI=1S/C28H27N9O2S2/c1-36-10-12-37(13-11-36)23-15-21-19(14-22(23)33-27(40)32-20-7-3-4-8-24(20)38-2)26(31-17-30-21)41-28-35-34-25(39-28)18-6-5-9-29-16-18/h3-9,14-17H,10-13H2,1-2H3,(H2,32,33,40). The zero-order valence-electron chi connectivity index (χ0n) is 22.4. The number of anilines is 3. The number of aromatic nitrogens is 5. The van der Waals surface area contributed by atoms with Crippen LogP contribution < -0.4 is 20.3 Å². The van der Waals surface area contributed by atoms with Gasteiger partial charge in [0.15, 0.2) is 5.11 Å². The molecule has 0 spiro atoms. The minimum absolute atomic E-state index is 0.370. The van der Waals surface area contributed by atoms with Gasteiger partial charge < -0.3 is 29.6 Å². The first kappa shape index (κ1) is 26.9. The molecule has 2 N–H and O–H groups in total. The molecule has 0 bridgehead atoms. The third-order valence-corrected chi connectivity index (χ3v) is 7.72. The van der Waals surface area contributed by atoms with Crippen LogP contribution >= 0.6 is 24.0 Å². The van der Waals surface area contributed by atoms with Gasteiger partial charge in [-0.25, -0.2) is 9.97 Å². The molecule has 1 aliphatic rings. The molecule has 1 aliphatic heterocycles. The normalized spacial score (nSPS) is 13.8. The van der Waals surface area contributed by atoms with E-state index in [0.29, 0.717) is 27.0 Å². The number of nitrogens with one attached hydrogen (secondary N) is 2. The molecule has 5 aromatic rings. The number of nitrogens with zero attached hydrogens (tertiary/aromatic N) is 7. The molecular formula is C28H27N9O2S2. The second-order valence-corrected chi connectivity index (χ2v) is 10.7. The molecule has 6 rings (SSSR count). The molecular weight excluding hydrogens is 559 g/mol. The molecule has 0 atom stereocenters. The van der Waals surface area contributed by atoms with Crippen molar-refractivity contribution in [3.63, 3.8) is 0 Å². The Morgan fingerprint density at radius 2 is 1.83 bits per heavy atom. The smallest absolute Gasteiger partial charge is 0.283 e. The van der Waals surface area contributed by atoms with Crippen molar-refractivity contribution in [1.29, 1.82) is 0 Å². The summed E-state index contributed by atoms with van der Waals surface area (Å²) < 4.78 is 11.4. The van der Waals surface area contributed by atoms with Gasteiger partial charge in [0.25, 0.3) is 5.22 Å². The van der Waals surface area contributed by atoms with Crippen LogP contribution in [0.5, 0.6) is 5.75 Å². The van der Waals surface area contributed by atoms with Crippen LogP contribution in [-0.4, -0.2) is 75.5 Å². The van der Waals surface area contributed by atoms with Crippen molar-refractivity contribution < 1.29 is 9.15 Å². The maximum atomic E-state index is 5.90. The molecule has 0 amide bonds. The minimum atomic E-state index is 0.370. The van der Waals surface area contributed by atoms with Crippen LogP contribution in [0.4, 0.5) is 17.1 Å². The second-order valence-electron chi connectivity index (χ2n) is 9.35. The highest BCUT2D eigenvalue weighted by Gasteiger charge is 2.21. The van der Waals surface area contributed by atoms with Crippen LogP contribution in [0.15, 0.2) is 81.9 Å². The topological polar surface area (TPSA) is 117 Å². The molecule has 2 aromatic carbocycles. The van der Waals surface area contributed by atoms with E-state index in [1.54, 1.807) is 25.8 Å². The number of hydrogen-bond donors (Lipinski definition) is 2. The lowest BCUT2D eigenvalue weighted by atomic mass is 10.1. The average molecular weight is 586 g/mol. The van der Waals surface area contributed by atoms with Crippen LogP contribution in [0.3, 0.4) is 0 Å². The largest absolute Gasteiger partial charge is 0.495 e. The van der Waals surface area contributed by atoms with Crippen molar-refractivity contribution in [2.75, 3.05) is 55.9 Å². The summed E-state index contributed by atoms with van der Waals surface area (Å²) in [5, 5.41) is 17.4. The minimum Gasteiger partial charge on any atom is -0.495 e. The SMILES string of the molecule is COc1ccccc1NC(=S)Nc1cc2c(Sc3nnc(-c4cccnc4)o3)ncnc2cc1N1CCN(C)CC1. The molecule has 4 heterocycles. The maximum absolute atomic E-state index is 5.90. The van der Waals surface area contributed by atoms with E-state index in [9.17, 15) is 0 Å². The Kier molecular flexibility index (Phi) is 7.89. The predicted molar refractivity (Wildman–Crippen MR) is 164 cm³/mol. The van der Waals surface area contributed by atoms with Crippen molar-refractivity contribution in [1.82, 2.24) is 30.0 Å². The van der Waals surface area contributed by atoms with E-state index in [4.69, 9.17) is 21.4 Å². The Morgan fingerprint density at radius 1 is 1.00 bits per heavy atom. The summed E-state index contributed by atoms with van der Waals surface area (Å²) in [5.74, 6) is 1.10. The van der Waals surface area contributed by atoms with Gasteiger partial charge in [-0.3, -0.25) is 4.98 Å². The van der Waals surface area contributed by atoms with Gasteiger partial charge in [0.05, 0.1) is 35.3 Å². The highest BCUT2D eigenvalue weighted by atomic mass is 32.2. The predicted octanol–water partition coefficient (Wildman–Crippen LogP) is 4.80. The maximum Gasteiger partial charge on any atom is 0.283 e. The molecule has 0 unspecified atom stereocenters. The van der Waals surface area contributed by atoms with Gasteiger partial charge in [-0.15, -0.1) is 10.2 Å². The molecule has 41 heavy (non-hydrogen) atoms. The van der Waals surface area contributed by atoms with Gasteiger partial charge in [-0.1, -0.05) is 12.1 Å². The first-order valence-corrected chi connectivity index (χ1v) is 14.1. The second kappa shape index (κ2) is 12.0. The fourth-order valence-electron chi connectivity index (χ4n) is 4.52. The monoisotopic (exact) mass is 585 g/mol. The number of pyridine rings is 1. The number of piperazine rings is 1. The lowest BCUT2D eigenvalue weighted by molar-refractivity contribution is 0.313. The lowest BCUT2D eigenvalue weighted by Gasteiger charge is -2.35. The average Bonchev–Trinajstić information content (AvgIpc) is 3.47. The highest BCUT2D eigenvalue weighted by Crippen LogP contribution is 2.37. The van der Waals surface area contributed by atoms with Gasteiger partial charge >= 0.3 is 0 Å². The number of methoxy groups -OCH3 is 1. The van der Waals surface area contributed by atoms with Crippen molar-refractivity contribution >= 4 is 57.1 Å². The molecule has 3 aromatic heterocycles. The first-order chi connectivity index (χ1) is 20.1. The van der Waals surface area contributed by atoms with E-state index >= 15 is 0 Å². The molecule has 0 saturated carbocycles. The van der Waals surface area contributed by atoms with Crippen LogP contribution in [0.25, 0.3) is 22.4 Å². The Morgan fingerprint density at radius 3 is 2.63 bits per heavy atom. The van der Waals surface area contributed by atoms with Gasteiger partial charge in [0, 0.05) is 44.0 Å². The number of likely N-dealkylation sites (N-methyl/N-ethyl adjacent to an activating group) is 1. The third-order valence-electron chi connectivity index (χ3n) is 6.66. The number of fused-ring (bicyclic) bond motifs is 1. The summed E-state index contributed by atoms with van der Waals surface area (Å²) >= 11 is 7.02. The lowest BCUT2D eigenvalue weighted by Crippen LogP contribution is -2.44. The van der Waals surface area contributed by atoms with E-state index in [-0.39, 0.29) is 0 Å². The van der Waals surface area contributed by atoms with Crippen LogP contribution in [-0.2, 0) is 0 Å². The van der Waals surface area contributed by atoms with Crippen molar-refractivity contribution in [3.05, 3.63) is 67.3 Å². The van der Waals surface area contributed by atoms with E-state index < -0.39 is 0 Å². The first-order valence-electron chi connectivity index (χ1n) is 12.9. The number of thiocarbonyl (C=S) groups is 1. The number of hydrogen-bond acceptors (Lipinski definition) is 11. The Hall–Kier alpha value is -4.33. The van der Waals surface area contributed by atoms with Crippen molar-refractivity contribution in [2.24, 2.45) is 0 Å². The fourth-order valence-corrected chi connectivity index (χ4v) is 5.48. The quantitative estimate of drug-likeness (QED) is 0.201. The van der Waals surface area contributed by atoms with E-state index in [2.05, 4.69) is 58.7 Å². The highest BCUT2D eigenvalue weighted by molar-refractivity contribution is 7.99. The third kappa shape index (κ3) is 6.06. The molecule has 0 radical (unpaired) electrons. The van der Waals surface area contributed by atoms with Gasteiger partial charge in [0.1, 0.15) is 17.1 Å². The Labute approximate surface area is 246 Å². The van der Waals surface area contributed by atoms with Crippen molar-refractivity contribution in [3.8, 4) is 17.2 Å². The Bertz CT molecular complexity index is 1670. The van der Waals surface area contributed by atoms with Crippen LogP contribution in [0, 0.1) is 0 Å². The van der Waals surface area contributed by atoms with E-state index in [0.717, 1.165) is 59.7 Å². The van der Waals surface area contributed by atoms with E-state index in [1.165, 1.54) is 11.8 Å². The summed E-state index contributed by atoms with van der Waals surface area (Å²) in [5.41, 5.74) is 4.18. The van der Waals surface area contributed by atoms with Crippen LogP contribution in [0.2, 0.25) is 0 Å². The summed E-state index contributed by atoms with van der Waals surface area (Å²) in [4.78, 5) is 17.9. The molecule has 11 nitrogen and oxygen atoms in total. The summed E-state index contributed by atoms with van der Waals surface area (Å²) in [7, 11) is 3.77. The Balaban J connectivity index is 1.33. The number of benzene rings is 2. The zero-order valence-corrected chi connectivity index (χ0v) is 24.1. The number of ether oxygens (including phenoxy) is 1. The molecule has 13 heteroatoms. The number of para-hydroxylation sites is 2. The molecule has 1 saturated heterocycles. The van der Waals surface area contributed by atoms with Crippen molar-refractivity contribution in [2.45, 2.75) is 10.2 Å².